The summed E-state index contributed by atoms with van der Waals surface area (Å²) in [4.78, 5) is 4.37. The largest absolute Gasteiger partial charge is 0.396 e. The van der Waals surface area contributed by atoms with Gasteiger partial charge in [-0.1, -0.05) is 25.4 Å². The van der Waals surface area contributed by atoms with Crippen molar-refractivity contribution in [3.63, 3.8) is 0 Å². The Morgan fingerprint density at radius 2 is 2.23 bits per heavy atom. The predicted octanol–water partition coefficient (Wildman–Crippen LogP) is 2.53. The zero-order valence-corrected chi connectivity index (χ0v) is 9.45. The van der Waals surface area contributed by atoms with Crippen LogP contribution in [0.2, 0.25) is 4.34 Å². The molecule has 0 amide bonds. The van der Waals surface area contributed by atoms with E-state index in [1.54, 1.807) is 0 Å². The smallest absolute Gasteiger partial charge is 0.116 e. The van der Waals surface area contributed by atoms with Gasteiger partial charge in [0.25, 0.3) is 0 Å². The molecular weight excluding hydrogens is 206 g/mol. The standard InChI is InChI=1S/C9H14ClNOS/c1-6(2)5-8-11-7(3-4-12)9(10)13-8/h6,12H,3-5H2,1-2H3. The van der Waals surface area contributed by atoms with Gasteiger partial charge in [0, 0.05) is 19.4 Å². The van der Waals surface area contributed by atoms with Crippen LogP contribution in [0, 0.1) is 5.92 Å². The van der Waals surface area contributed by atoms with Gasteiger partial charge < -0.3 is 5.11 Å². The lowest BCUT2D eigenvalue weighted by molar-refractivity contribution is 0.298. The highest BCUT2D eigenvalue weighted by Gasteiger charge is 2.09. The molecule has 0 aliphatic rings. The van der Waals surface area contributed by atoms with Gasteiger partial charge >= 0.3 is 0 Å². The van der Waals surface area contributed by atoms with E-state index in [2.05, 4.69) is 18.8 Å². The molecule has 0 unspecified atom stereocenters. The summed E-state index contributed by atoms with van der Waals surface area (Å²) in [6.45, 7) is 4.42. The summed E-state index contributed by atoms with van der Waals surface area (Å²) in [6.07, 6.45) is 1.53. The van der Waals surface area contributed by atoms with Crippen LogP contribution in [0.1, 0.15) is 24.5 Å². The van der Waals surface area contributed by atoms with Crippen molar-refractivity contribution in [2.45, 2.75) is 26.7 Å². The number of rotatable bonds is 4. The highest BCUT2D eigenvalue weighted by molar-refractivity contribution is 7.16. The molecule has 0 saturated heterocycles. The molecule has 2 nitrogen and oxygen atoms in total. The number of aliphatic hydroxyl groups is 1. The third-order valence-electron chi connectivity index (χ3n) is 1.63. The fraction of sp³-hybridized carbons (Fsp3) is 0.667. The second-order valence-corrected chi connectivity index (χ2v) is 5.09. The van der Waals surface area contributed by atoms with Crippen LogP contribution in [0.3, 0.4) is 0 Å². The van der Waals surface area contributed by atoms with Crippen molar-refractivity contribution in [1.82, 2.24) is 4.98 Å². The van der Waals surface area contributed by atoms with Gasteiger partial charge in [0.05, 0.1) is 10.7 Å². The molecule has 1 heterocycles. The lowest BCUT2D eigenvalue weighted by atomic mass is 10.1. The van der Waals surface area contributed by atoms with E-state index in [9.17, 15) is 0 Å². The van der Waals surface area contributed by atoms with E-state index in [1.165, 1.54) is 11.3 Å². The van der Waals surface area contributed by atoms with E-state index in [0.717, 1.165) is 21.5 Å². The molecule has 0 fully saturated rings. The van der Waals surface area contributed by atoms with E-state index in [-0.39, 0.29) is 6.61 Å². The Labute approximate surface area is 87.6 Å². The van der Waals surface area contributed by atoms with Gasteiger partial charge in [0.15, 0.2) is 0 Å². The van der Waals surface area contributed by atoms with Gasteiger partial charge in [0.1, 0.15) is 4.34 Å². The molecule has 0 spiro atoms. The molecule has 74 valence electrons. The molecule has 1 aromatic rings. The monoisotopic (exact) mass is 219 g/mol. The molecule has 1 rings (SSSR count). The number of hydrogen-bond donors (Lipinski definition) is 1. The lowest BCUT2D eigenvalue weighted by Gasteiger charge is -1.98. The Morgan fingerprint density at radius 3 is 2.77 bits per heavy atom. The van der Waals surface area contributed by atoms with Crippen molar-refractivity contribution in [2.75, 3.05) is 6.61 Å². The maximum atomic E-state index is 8.74. The second-order valence-electron chi connectivity index (χ2n) is 3.40. The summed E-state index contributed by atoms with van der Waals surface area (Å²) >= 11 is 7.48. The van der Waals surface area contributed by atoms with Crippen molar-refractivity contribution in [2.24, 2.45) is 5.92 Å². The molecule has 0 aromatic carbocycles. The fourth-order valence-corrected chi connectivity index (χ4v) is 2.53. The molecule has 0 saturated carbocycles. The normalized spacial score (nSPS) is 11.2. The second kappa shape index (κ2) is 4.94. The summed E-state index contributed by atoms with van der Waals surface area (Å²) in [6, 6.07) is 0. The first-order chi connectivity index (χ1) is 6.13. The average molecular weight is 220 g/mol. The minimum atomic E-state index is 0.116. The Hall–Kier alpha value is -0.120. The highest BCUT2D eigenvalue weighted by Crippen LogP contribution is 2.26. The van der Waals surface area contributed by atoms with Crippen molar-refractivity contribution < 1.29 is 5.11 Å². The Morgan fingerprint density at radius 1 is 1.54 bits per heavy atom. The number of aliphatic hydroxyl groups excluding tert-OH is 1. The van der Waals surface area contributed by atoms with Gasteiger partial charge in [-0.2, -0.15) is 0 Å². The minimum Gasteiger partial charge on any atom is -0.396 e. The van der Waals surface area contributed by atoms with Crippen LogP contribution >= 0.6 is 22.9 Å². The number of nitrogens with zero attached hydrogens (tertiary/aromatic N) is 1. The van der Waals surface area contributed by atoms with Crippen molar-refractivity contribution in [1.29, 1.82) is 0 Å². The average Bonchev–Trinajstić information content (AvgIpc) is 2.31. The SMILES string of the molecule is CC(C)Cc1nc(CCO)c(Cl)s1. The molecule has 0 bridgehead atoms. The van der Waals surface area contributed by atoms with E-state index >= 15 is 0 Å². The maximum absolute atomic E-state index is 8.74. The topological polar surface area (TPSA) is 33.1 Å². The van der Waals surface area contributed by atoms with E-state index in [0.29, 0.717) is 12.3 Å². The van der Waals surface area contributed by atoms with Gasteiger partial charge in [-0.05, 0) is 5.92 Å². The molecule has 0 aliphatic carbocycles. The molecule has 0 atom stereocenters. The number of halogens is 1. The van der Waals surface area contributed by atoms with Crippen molar-refractivity contribution in [3.8, 4) is 0 Å². The fourth-order valence-electron chi connectivity index (χ4n) is 1.08. The van der Waals surface area contributed by atoms with E-state index in [4.69, 9.17) is 16.7 Å². The quantitative estimate of drug-likeness (QED) is 0.845. The van der Waals surface area contributed by atoms with Crippen LogP contribution in [0.25, 0.3) is 0 Å². The van der Waals surface area contributed by atoms with Gasteiger partial charge in [-0.3, -0.25) is 0 Å². The molecule has 1 aromatic heterocycles. The molecule has 0 radical (unpaired) electrons. The van der Waals surface area contributed by atoms with E-state index < -0.39 is 0 Å². The van der Waals surface area contributed by atoms with Crippen LogP contribution in [-0.4, -0.2) is 16.7 Å². The minimum absolute atomic E-state index is 0.116. The molecule has 1 N–H and O–H groups in total. The maximum Gasteiger partial charge on any atom is 0.116 e. The van der Waals surface area contributed by atoms with Crippen LogP contribution in [0.5, 0.6) is 0 Å². The van der Waals surface area contributed by atoms with E-state index in [1.807, 2.05) is 0 Å². The zero-order chi connectivity index (χ0) is 9.84. The lowest BCUT2D eigenvalue weighted by Crippen LogP contribution is -1.95. The molecule has 13 heavy (non-hydrogen) atoms. The summed E-state index contributed by atoms with van der Waals surface area (Å²) in [5.74, 6) is 0.601. The van der Waals surface area contributed by atoms with Crippen LogP contribution in [0.4, 0.5) is 0 Å². The third-order valence-corrected chi connectivity index (χ3v) is 2.98. The Kier molecular flexibility index (Phi) is 4.16. The first-order valence-corrected chi connectivity index (χ1v) is 5.58. The number of aromatic nitrogens is 1. The Bertz CT molecular complexity index is 273. The van der Waals surface area contributed by atoms with Gasteiger partial charge in [-0.15, -0.1) is 11.3 Å². The summed E-state index contributed by atoms with van der Waals surface area (Å²) in [5.41, 5.74) is 0.838. The van der Waals surface area contributed by atoms with Crippen molar-refractivity contribution >= 4 is 22.9 Å². The van der Waals surface area contributed by atoms with Crippen LogP contribution in [0.15, 0.2) is 0 Å². The highest BCUT2D eigenvalue weighted by atomic mass is 35.5. The predicted molar refractivity (Wildman–Crippen MR) is 56.5 cm³/mol. The molecule has 0 aliphatic heterocycles. The number of hydrogen-bond acceptors (Lipinski definition) is 3. The third kappa shape index (κ3) is 3.25. The Balaban J connectivity index is 2.70. The van der Waals surface area contributed by atoms with Gasteiger partial charge in [-0.25, -0.2) is 4.98 Å². The summed E-state index contributed by atoms with van der Waals surface area (Å²) < 4.78 is 0.727. The summed E-state index contributed by atoms with van der Waals surface area (Å²) in [7, 11) is 0. The van der Waals surface area contributed by atoms with Crippen LogP contribution < -0.4 is 0 Å². The molecular formula is C9H14ClNOS. The first-order valence-electron chi connectivity index (χ1n) is 4.38. The van der Waals surface area contributed by atoms with Gasteiger partial charge in [0.2, 0.25) is 0 Å². The first kappa shape index (κ1) is 11.0. The van der Waals surface area contributed by atoms with Crippen molar-refractivity contribution in [3.05, 3.63) is 15.0 Å². The number of thiazole rings is 1. The van der Waals surface area contributed by atoms with Crippen LogP contribution in [-0.2, 0) is 12.8 Å². The molecule has 4 heteroatoms. The zero-order valence-electron chi connectivity index (χ0n) is 7.88. The summed E-state index contributed by atoms with van der Waals surface area (Å²) in [5, 5.41) is 9.81.